The summed E-state index contributed by atoms with van der Waals surface area (Å²) in [5.74, 6) is 0.0732. The summed E-state index contributed by atoms with van der Waals surface area (Å²) in [5.41, 5.74) is 0.211. The molecule has 4 nitrogen and oxygen atoms in total. The minimum absolute atomic E-state index is 0.0192. The second kappa shape index (κ2) is 8.35. The van der Waals surface area contributed by atoms with Gasteiger partial charge in [0.15, 0.2) is 0 Å². The molecule has 3 N–H and O–H groups in total. The van der Waals surface area contributed by atoms with E-state index in [0.717, 1.165) is 19.3 Å². The van der Waals surface area contributed by atoms with Crippen LogP contribution < -0.4 is 10.6 Å². The number of aliphatic hydroxyl groups is 1. The molecule has 0 heterocycles. The summed E-state index contributed by atoms with van der Waals surface area (Å²) in [7, 11) is 0. The van der Waals surface area contributed by atoms with Gasteiger partial charge in [0.2, 0.25) is 0 Å². The molecule has 0 aliphatic carbocycles. The van der Waals surface area contributed by atoms with Crippen LogP contribution in [0.25, 0.3) is 0 Å². The molecule has 0 aromatic rings. The average molecular weight is 258 g/mol. The van der Waals surface area contributed by atoms with E-state index in [4.69, 9.17) is 5.11 Å². The second-order valence-corrected chi connectivity index (χ2v) is 5.34. The number of carbonyl (C=O) groups is 1. The quantitative estimate of drug-likeness (QED) is 0.626. The molecule has 0 aliphatic heterocycles. The second-order valence-electron chi connectivity index (χ2n) is 5.34. The molecule has 0 rings (SSSR count). The highest BCUT2D eigenvalue weighted by molar-refractivity contribution is 5.74. The molecular formula is C14H30N2O2. The van der Waals surface area contributed by atoms with E-state index >= 15 is 0 Å². The Bertz CT molecular complexity index is 232. The summed E-state index contributed by atoms with van der Waals surface area (Å²) in [4.78, 5) is 11.8. The van der Waals surface area contributed by atoms with Crippen molar-refractivity contribution in [2.75, 3.05) is 13.2 Å². The Morgan fingerprint density at radius 1 is 1.17 bits per heavy atom. The van der Waals surface area contributed by atoms with Crippen molar-refractivity contribution in [3.8, 4) is 0 Å². The van der Waals surface area contributed by atoms with Gasteiger partial charge >= 0.3 is 6.03 Å². The monoisotopic (exact) mass is 258 g/mol. The lowest BCUT2D eigenvalue weighted by Gasteiger charge is -2.31. The first-order valence-electron chi connectivity index (χ1n) is 7.09. The Morgan fingerprint density at radius 2 is 1.67 bits per heavy atom. The minimum Gasteiger partial charge on any atom is -0.396 e. The Labute approximate surface area is 112 Å². The molecule has 0 bridgehead atoms. The van der Waals surface area contributed by atoms with E-state index in [1.807, 2.05) is 13.8 Å². The van der Waals surface area contributed by atoms with Gasteiger partial charge in [-0.2, -0.15) is 0 Å². The molecule has 0 saturated carbocycles. The predicted octanol–water partition coefficient (Wildman–Crippen LogP) is 2.52. The number of rotatable bonds is 8. The summed E-state index contributed by atoms with van der Waals surface area (Å²) in [5, 5.41) is 14.8. The van der Waals surface area contributed by atoms with Crippen molar-refractivity contribution in [1.82, 2.24) is 10.6 Å². The highest BCUT2D eigenvalue weighted by atomic mass is 16.3. The maximum Gasteiger partial charge on any atom is 0.315 e. The first-order chi connectivity index (χ1) is 8.44. The molecule has 0 spiro atoms. The van der Waals surface area contributed by atoms with Gasteiger partial charge in [0.1, 0.15) is 0 Å². The third kappa shape index (κ3) is 5.25. The van der Waals surface area contributed by atoms with Crippen LogP contribution in [0.15, 0.2) is 0 Å². The largest absolute Gasteiger partial charge is 0.396 e. The van der Waals surface area contributed by atoms with E-state index in [0.29, 0.717) is 6.54 Å². The van der Waals surface area contributed by atoms with Crippen LogP contribution in [0.3, 0.4) is 0 Å². The van der Waals surface area contributed by atoms with Crippen molar-refractivity contribution < 1.29 is 9.90 Å². The van der Waals surface area contributed by atoms with Crippen molar-refractivity contribution >= 4 is 6.03 Å². The van der Waals surface area contributed by atoms with Gasteiger partial charge in [-0.25, -0.2) is 4.79 Å². The van der Waals surface area contributed by atoms with E-state index in [9.17, 15) is 4.79 Å². The van der Waals surface area contributed by atoms with Crippen LogP contribution in [0.2, 0.25) is 0 Å². The van der Waals surface area contributed by atoms with Gasteiger partial charge in [-0.1, -0.05) is 27.7 Å². The van der Waals surface area contributed by atoms with Gasteiger partial charge in [0.05, 0.1) is 0 Å². The van der Waals surface area contributed by atoms with E-state index in [1.165, 1.54) is 0 Å². The Morgan fingerprint density at radius 3 is 2.06 bits per heavy atom. The lowest BCUT2D eigenvalue weighted by Crippen LogP contribution is -2.47. The maximum absolute atomic E-state index is 11.8. The maximum atomic E-state index is 11.8. The van der Waals surface area contributed by atoms with Gasteiger partial charge in [-0.3, -0.25) is 0 Å². The predicted molar refractivity (Wildman–Crippen MR) is 75.6 cm³/mol. The normalized spacial score (nSPS) is 15.0. The first-order valence-corrected chi connectivity index (χ1v) is 7.09. The summed E-state index contributed by atoms with van der Waals surface area (Å²) in [6, 6.07) is -0.156. The van der Waals surface area contributed by atoms with Gasteiger partial charge < -0.3 is 15.7 Å². The van der Waals surface area contributed by atoms with E-state index in [2.05, 4.69) is 31.4 Å². The number of aliphatic hydroxyl groups excluding tert-OH is 1. The molecule has 4 heteroatoms. The molecule has 0 aliphatic rings. The molecular weight excluding hydrogens is 228 g/mol. The molecule has 108 valence electrons. The van der Waals surface area contributed by atoms with Crippen LogP contribution in [0.5, 0.6) is 0 Å². The summed E-state index contributed by atoms with van der Waals surface area (Å²) >= 11 is 0. The van der Waals surface area contributed by atoms with Crippen molar-refractivity contribution in [1.29, 1.82) is 0 Å². The number of nitrogens with one attached hydrogen (secondary N) is 2. The van der Waals surface area contributed by atoms with Crippen molar-refractivity contribution in [3.05, 3.63) is 0 Å². The van der Waals surface area contributed by atoms with Crippen molar-refractivity contribution in [2.45, 2.75) is 59.9 Å². The van der Waals surface area contributed by atoms with Gasteiger partial charge in [-0.05, 0) is 37.5 Å². The van der Waals surface area contributed by atoms with Crippen LogP contribution in [0, 0.1) is 11.3 Å². The van der Waals surface area contributed by atoms with Gasteiger partial charge in [0.25, 0.3) is 0 Å². The number of hydrogen-bond donors (Lipinski definition) is 3. The van der Waals surface area contributed by atoms with Crippen LogP contribution >= 0.6 is 0 Å². The van der Waals surface area contributed by atoms with Gasteiger partial charge in [-0.15, -0.1) is 0 Å². The van der Waals surface area contributed by atoms with Crippen LogP contribution in [-0.2, 0) is 0 Å². The fourth-order valence-electron chi connectivity index (χ4n) is 1.95. The molecule has 0 radical (unpaired) electrons. The molecule has 0 fully saturated rings. The molecule has 0 aromatic heterocycles. The zero-order chi connectivity index (χ0) is 14.2. The highest BCUT2D eigenvalue weighted by Crippen LogP contribution is 2.29. The highest BCUT2D eigenvalue weighted by Gasteiger charge is 2.24. The minimum atomic E-state index is -0.137. The first kappa shape index (κ1) is 17.2. The fourth-order valence-corrected chi connectivity index (χ4v) is 1.95. The number of amides is 2. The number of carbonyl (C=O) groups excluding carboxylic acids is 1. The van der Waals surface area contributed by atoms with Crippen molar-refractivity contribution in [2.24, 2.45) is 11.3 Å². The van der Waals surface area contributed by atoms with E-state index in [1.54, 1.807) is 0 Å². The van der Waals surface area contributed by atoms with Crippen LogP contribution in [0.4, 0.5) is 4.79 Å². The van der Waals surface area contributed by atoms with Crippen molar-refractivity contribution in [3.63, 3.8) is 0 Å². The topological polar surface area (TPSA) is 61.4 Å². The van der Waals surface area contributed by atoms with Crippen LogP contribution in [-0.4, -0.2) is 30.3 Å². The molecule has 18 heavy (non-hydrogen) atoms. The number of hydrogen-bond acceptors (Lipinski definition) is 2. The lowest BCUT2D eigenvalue weighted by atomic mass is 9.80. The van der Waals surface area contributed by atoms with Crippen LogP contribution in [0.1, 0.15) is 53.9 Å². The molecule has 0 aromatic carbocycles. The zero-order valence-corrected chi connectivity index (χ0v) is 12.5. The third-order valence-corrected chi connectivity index (χ3v) is 4.37. The van der Waals surface area contributed by atoms with Gasteiger partial charge in [0, 0.05) is 19.2 Å². The molecule has 2 atom stereocenters. The molecule has 2 unspecified atom stereocenters. The molecule has 2 amide bonds. The summed E-state index contributed by atoms with van der Waals surface area (Å²) < 4.78 is 0. The zero-order valence-electron chi connectivity index (χ0n) is 12.5. The fraction of sp³-hybridized carbons (Fsp3) is 0.929. The Kier molecular flexibility index (Phi) is 8.00. The third-order valence-electron chi connectivity index (χ3n) is 4.37. The van der Waals surface area contributed by atoms with E-state index < -0.39 is 0 Å². The summed E-state index contributed by atoms with van der Waals surface area (Å²) in [6.45, 7) is 11.1. The number of urea groups is 1. The summed E-state index contributed by atoms with van der Waals surface area (Å²) in [6.07, 6.45) is 3.22. The van der Waals surface area contributed by atoms with E-state index in [-0.39, 0.29) is 30.0 Å². The average Bonchev–Trinajstić information content (AvgIpc) is 2.39. The Hall–Kier alpha value is -0.770. The standard InChI is InChI=1S/C14H30N2O2/c1-6-14(7-2,8-3)10-15-13(18)16-12(5)11(4)9-17/h11-12,17H,6-10H2,1-5H3,(H2,15,16,18). The Balaban J connectivity index is 4.17. The smallest absolute Gasteiger partial charge is 0.315 e. The lowest BCUT2D eigenvalue weighted by molar-refractivity contribution is 0.193. The SMILES string of the molecule is CCC(CC)(CC)CNC(=O)NC(C)C(C)CO. The molecule has 0 saturated heterocycles.